The van der Waals surface area contributed by atoms with Crippen molar-refractivity contribution in [3.63, 3.8) is 0 Å². The Labute approximate surface area is 254 Å². The predicted molar refractivity (Wildman–Crippen MR) is 157 cm³/mol. The molecular weight excluding hydrogens is 574 g/mol. The van der Waals surface area contributed by atoms with Crippen molar-refractivity contribution >= 4 is 40.7 Å². The van der Waals surface area contributed by atoms with Gasteiger partial charge in [-0.3, -0.25) is 19.2 Å². The van der Waals surface area contributed by atoms with E-state index in [1.165, 1.54) is 15.9 Å². The lowest BCUT2D eigenvalue weighted by Gasteiger charge is -2.35. The van der Waals surface area contributed by atoms with Crippen molar-refractivity contribution in [1.29, 1.82) is 0 Å². The van der Waals surface area contributed by atoms with Gasteiger partial charge < -0.3 is 39.7 Å². The molecular formula is C30H39N5O9. The number of ether oxygens (including phenoxy) is 2. The molecule has 2 aliphatic rings. The second-order valence-electron chi connectivity index (χ2n) is 11.0. The van der Waals surface area contributed by atoms with E-state index in [1.807, 2.05) is 13.0 Å². The fourth-order valence-electron chi connectivity index (χ4n) is 5.26. The molecule has 1 aromatic heterocycles. The molecule has 1 aromatic carbocycles. The quantitative estimate of drug-likeness (QED) is 0.372. The summed E-state index contributed by atoms with van der Waals surface area (Å²) in [5.41, 5.74) is 1.17. The normalized spacial score (nSPS) is 17.1. The summed E-state index contributed by atoms with van der Waals surface area (Å²) in [4.78, 5) is 72.5. The van der Waals surface area contributed by atoms with Crippen LogP contribution >= 0.6 is 0 Å². The van der Waals surface area contributed by atoms with E-state index in [9.17, 15) is 34.2 Å². The summed E-state index contributed by atoms with van der Waals surface area (Å²) in [6.07, 6.45) is -1.52. The first-order chi connectivity index (χ1) is 21.0. The number of hydrogen-bond acceptors (Lipinski definition) is 9. The van der Waals surface area contributed by atoms with Crippen molar-refractivity contribution in [1.82, 2.24) is 25.0 Å². The summed E-state index contributed by atoms with van der Waals surface area (Å²) in [5.74, 6) is -2.68. The van der Waals surface area contributed by atoms with Crippen LogP contribution in [0, 0.1) is 6.92 Å². The minimum atomic E-state index is -1.39. The number of carboxylic acid groups (broad SMARTS) is 1. The third-order valence-corrected chi connectivity index (χ3v) is 7.69. The van der Waals surface area contributed by atoms with Crippen molar-refractivity contribution < 1.29 is 43.7 Å². The van der Waals surface area contributed by atoms with Crippen LogP contribution < -0.4 is 10.1 Å². The van der Waals surface area contributed by atoms with Crippen LogP contribution in [0.5, 0.6) is 5.75 Å². The van der Waals surface area contributed by atoms with E-state index >= 15 is 0 Å². The van der Waals surface area contributed by atoms with Crippen molar-refractivity contribution in [2.75, 3.05) is 45.9 Å². The van der Waals surface area contributed by atoms with Crippen LogP contribution in [0.4, 0.5) is 4.79 Å². The van der Waals surface area contributed by atoms with Crippen LogP contribution in [0.15, 0.2) is 24.3 Å². The van der Waals surface area contributed by atoms with Crippen LogP contribution in [0.1, 0.15) is 49.2 Å². The Bertz CT molecular complexity index is 1400. The van der Waals surface area contributed by atoms with Gasteiger partial charge in [0.1, 0.15) is 17.5 Å². The number of carbonyl (C=O) groups is 5. The Hall–Kier alpha value is -4.46. The van der Waals surface area contributed by atoms with Crippen LogP contribution in [0.2, 0.25) is 0 Å². The van der Waals surface area contributed by atoms with E-state index in [0.29, 0.717) is 36.8 Å². The van der Waals surface area contributed by atoms with Crippen LogP contribution in [0.25, 0.3) is 10.9 Å². The van der Waals surface area contributed by atoms with Crippen LogP contribution in [0.3, 0.4) is 0 Å². The third kappa shape index (κ3) is 7.92. The Kier molecular flexibility index (Phi) is 10.6. The monoisotopic (exact) mass is 613 g/mol. The third-order valence-electron chi connectivity index (χ3n) is 7.69. The smallest absolute Gasteiger partial charge is 0.409 e. The number of aliphatic hydroxyl groups is 1. The number of piperazine rings is 1. The molecule has 0 aliphatic carbocycles. The number of aryl methyl sites for hydroxylation is 1. The summed E-state index contributed by atoms with van der Waals surface area (Å²) in [6, 6.07) is 5.36. The molecule has 1 unspecified atom stereocenters. The van der Waals surface area contributed by atoms with Crippen LogP contribution in [-0.2, 0) is 19.1 Å². The first kappa shape index (κ1) is 32.5. The number of aliphatic carboxylic acids is 1. The number of likely N-dealkylation sites (tertiary alicyclic amines) is 1. The molecule has 44 heavy (non-hydrogen) atoms. The number of nitrogens with zero attached hydrogens (tertiary/aromatic N) is 4. The van der Waals surface area contributed by atoms with Gasteiger partial charge in [-0.15, -0.1) is 0 Å². The van der Waals surface area contributed by atoms with Crippen molar-refractivity contribution in [3.8, 4) is 5.75 Å². The van der Waals surface area contributed by atoms with Gasteiger partial charge in [-0.05, 0) is 51.3 Å². The molecule has 0 spiro atoms. The van der Waals surface area contributed by atoms with Gasteiger partial charge in [0.05, 0.1) is 24.6 Å². The lowest BCUT2D eigenvalue weighted by atomic mass is 10.1. The number of amides is 4. The zero-order chi connectivity index (χ0) is 32.0. The Morgan fingerprint density at radius 2 is 1.61 bits per heavy atom. The van der Waals surface area contributed by atoms with Gasteiger partial charge in [0, 0.05) is 50.7 Å². The van der Waals surface area contributed by atoms with E-state index in [-0.39, 0.29) is 50.1 Å². The first-order valence-electron chi connectivity index (χ1n) is 14.7. The fraction of sp³-hybridized carbons (Fsp3) is 0.533. The van der Waals surface area contributed by atoms with E-state index in [0.717, 1.165) is 5.56 Å². The van der Waals surface area contributed by atoms with E-state index < -0.39 is 48.5 Å². The molecule has 2 atom stereocenters. The lowest BCUT2D eigenvalue weighted by Crippen LogP contribution is -2.56. The zero-order valence-electron chi connectivity index (χ0n) is 25.2. The molecule has 238 valence electrons. The summed E-state index contributed by atoms with van der Waals surface area (Å²) in [5, 5.41) is 22.4. The topological polar surface area (TPSA) is 179 Å². The van der Waals surface area contributed by atoms with Gasteiger partial charge in [-0.1, -0.05) is 6.07 Å². The zero-order valence-corrected chi connectivity index (χ0v) is 25.2. The molecule has 0 bridgehead atoms. The SMILES string of the molecule is CCOC(=O)N1CCN(C(=O)C(CC(=O)O)NC(=O)c2cc(O[C@@H](C)C(=O)N3CCC(O)CC3)c3ccc(C)cc3n2)CC1. The maximum atomic E-state index is 13.5. The standard InChI is InChI=1S/C30H39N5O9/c1-4-43-30(42)35-13-11-34(12-14-35)29(41)24(17-26(37)38)32-27(39)23-16-25(21-6-5-18(2)15-22(21)31-23)44-19(3)28(40)33-9-7-20(36)8-10-33/h5-6,15-16,19-20,24,36H,4,7-14,17H2,1-3H3,(H,32,39)(H,37,38)/t19-,24?/m0/s1. The van der Waals surface area contributed by atoms with Gasteiger partial charge in [0.2, 0.25) is 5.91 Å². The van der Waals surface area contributed by atoms with Gasteiger partial charge in [-0.2, -0.15) is 0 Å². The number of fused-ring (bicyclic) bond motifs is 1. The van der Waals surface area contributed by atoms with E-state index in [1.54, 1.807) is 30.9 Å². The summed E-state index contributed by atoms with van der Waals surface area (Å²) < 4.78 is 11.1. The molecule has 0 saturated carbocycles. The molecule has 3 N–H and O–H groups in total. The van der Waals surface area contributed by atoms with Gasteiger partial charge in [-0.25, -0.2) is 9.78 Å². The van der Waals surface area contributed by atoms with Crippen molar-refractivity contribution in [3.05, 3.63) is 35.5 Å². The number of benzene rings is 1. The average Bonchev–Trinajstić information content (AvgIpc) is 3.00. The molecule has 2 aromatic rings. The predicted octanol–water partition coefficient (Wildman–Crippen LogP) is 1.17. The molecule has 2 fully saturated rings. The van der Waals surface area contributed by atoms with E-state index in [4.69, 9.17) is 9.47 Å². The number of carboxylic acids is 1. The summed E-state index contributed by atoms with van der Waals surface area (Å²) in [7, 11) is 0. The highest BCUT2D eigenvalue weighted by atomic mass is 16.6. The van der Waals surface area contributed by atoms with Crippen LogP contribution in [-0.4, -0.2) is 124 Å². The Morgan fingerprint density at radius 1 is 0.977 bits per heavy atom. The number of aromatic nitrogens is 1. The van der Waals surface area contributed by atoms with Crippen molar-refractivity contribution in [2.45, 2.75) is 58.3 Å². The average molecular weight is 614 g/mol. The number of piperidine rings is 1. The molecule has 3 heterocycles. The second kappa shape index (κ2) is 14.3. The number of rotatable bonds is 9. The summed E-state index contributed by atoms with van der Waals surface area (Å²) >= 11 is 0. The molecule has 14 heteroatoms. The Balaban J connectivity index is 1.52. The molecule has 0 radical (unpaired) electrons. The Morgan fingerprint density at radius 3 is 2.25 bits per heavy atom. The van der Waals surface area contributed by atoms with Gasteiger partial charge >= 0.3 is 12.1 Å². The lowest BCUT2D eigenvalue weighted by molar-refractivity contribution is -0.143. The van der Waals surface area contributed by atoms with E-state index in [2.05, 4.69) is 10.3 Å². The molecule has 4 amide bonds. The first-order valence-corrected chi connectivity index (χ1v) is 14.7. The number of nitrogens with one attached hydrogen (secondary N) is 1. The van der Waals surface area contributed by atoms with Crippen molar-refractivity contribution in [2.24, 2.45) is 0 Å². The minimum absolute atomic E-state index is 0.117. The highest BCUT2D eigenvalue weighted by Gasteiger charge is 2.33. The number of aliphatic hydroxyl groups excluding tert-OH is 1. The molecule has 4 rings (SSSR count). The second-order valence-corrected chi connectivity index (χ2v) is 11.0. The maximum Gasteiger partial charge on any atom is 0.409 e. The maximum absolute atomic E-state index is 13.5. The van der Waals surface area contributed by atoms with Gasteiger partial charge in [0.15, 0.2) is 6.10 Å². The number of hydrogen-bond donors (Lipinski definition) is 3. The summed E-state index contributed by atoms with van der Waals surface area (Å²) in [6.45, 7) is 6.92. The number of carbonyl (C=O) groups excluding carboxylic acids is 4. The van der Waals surface area contributed by atoms with Gasteiger partial charge in [0.25, 0.3) is 11.8 Å². The number of pyridine rings is 1. The fourth-order valence-corrected chi connectivity index (χ4v) is 5.26. The molecule has 2 saturated heterocycles. The molecule has 2 aliphatic heterocycles. The minimum Gasteiger partial charge on any atom is -0.481 e. The largest absolute Gasteiger partial charge is 0.481 e. The molecule has 14 nitrogen and oxygen atoms in total. The highest BCUT2D eigenvalue weighted by molar-refractivity contribution is 6.00. The highest BCUT2D eigenvalue weighted by Crippen LogP contribution is 2.28.